The molecule has 0 aromatic carbocycles. The summed E-state index contributed by atoms with van der Waals surface area (Å²) in [7, 11) is -4.15. The van der Waals surface area contributed by atoms with Crippen LogP contribution < -0.4 is 0 Å². The largest absolute Gasteiger partial charge is 0.394 e. The molecule has 0 heterocycles. The molecule has 0 bridgehead atoms. The second kappa shape index (κ2) is 9.98. The molecule has 0 saturated carbocycles. The van der Waals surface area contributed by atoms with E-state index in [0.717, 1.165) is 0 Å². The van der Waals surface area contributed by atoms with Gasteiger partial charge in [0, 0.05) is 0 Å². The molecule has 3 N–H and O–H groups in total. The highest BCUT2D eigenvalue weighted by Crippen LogP contribution is 1.87. The van der Waals surface area contributed by atoms with Gasteiger partial charge in [0.1, 0.15) is 5.75 Å². The van der Waals surface area contributed by atoms with Gasteiger partial charge in [-0.25, -0.2) is 0 Å². The first-order valence-corrected chi connectivity index (χ1v) is 6.87. The summed E-state index contributed by atoms with van der Waals surface area (Å²) < 4.78 is 27.8. The monoisotopic (exact) mass is 257 g/mol. The highest BCUT2D eigenvalue weighted by Gasteiger charge is 2.11. The summed E-state index contributed by atoms with van der Waals surface area (Å²) >= 11 is 0. The number of aliphatic hydroxyl groups excluding tert-OH is 2. The van der Waals surface area contributed by atoms with Crippen molar-refractivity contribution < 1.29 is 23.2 Å². The molecule has 0 aromatic rings. The van der Waals surface area contributed by atoms with Gasteiger partial charge in [-0.1, -0.05) is 20.8 Å². The predicted octanol–water partition coefficient (Wildman–Crippen LogP) is -0.424. The maximum Gasteiger partial charge on any atom is 0.267 e. The third kappa shape index (κ3) is 13.8. The lowest BCUT2D eigenvalue weighted by Crippen LogP contribution is -2.23. The van der Waals surface area contributed by atoms with Crippen LogP contribution in [0.4, 0.5) is 0 Å². The minimum absolute atomic E-state index is 0.667. The highest BCUT2D eigenvalue weighted by molar-refractivity contribution is 7.85. The number of rotatable bonds is 6. The van der Waals surface area contributed by atoms with Crippen LogP contribution in [0, 0.1) is 0 Å². The van der Waals surface area contributed by atoms with Crippen LogP contribution in [0.15, 0.2) is 0 Å². The lowest BCUT2D eigenvalue weighted by molar-refractivity contribution is 0.111. The van der Waals surface area contributed by atoms with E-state index in [2.05, 4.69) is 25.7 Å². The number of aliphatic hydroxyl groups is 2. The molecule has 0 aliphatic rings. The zero-order valence-corrected chi connectivity index (χ0v) is 10.9. The van der Waals surface area contributed by atoms with E-state index in [1.54, 1.807) is 0 Å². The molecule has 0 amide bonds. The smallest absolute Gasteiger partial charge is 0.267 e. The van der Waals surface area contributed by atoms with Crippen molar-refractivity contribution in [3.05, 3.63) is 0 Å². The Balaban J connectivity index is 0. The minimum atomic E-state index is -4.15. The molecule has 6 nitrogen and oxygen atoms in total. The first kappa shape index (κ1) is 18.2. The third-order valence-electron chi connectivity index (χ3n) is 1.96. The summed E-state index contributed by atoms with van der Waals surface area (Å²) in [5.41, 5.74) is 0. The summed E-state index contributed by atoms with van der Waals surface area (Å²) in [6.45, 7) is 9.46. The SMILES string of the molecule is CCN(CC)CC.O=S(=O)(O)CC(O)CO. The van der Waals surface area contributed by atoms with Crippen molar-refractivity contribution in [3.63, 3.8) is 0 Å². The van der Waals surface area contributed by atoms with E-state index in [4.69, 9.17) is 14.8 Å². The van der Waals surface area contributed by atoms with Gasteiger partial charge in [-0.2, -0.15) is 8.42 Å². The average Bonchev–Trinajstić information content (AvgIpc) is 2.19. The average molecular weight is 257 g/mol. The molecule has 0 fully saturated rings. The van der Waals surface area contributed by atoms with E-state index < -0.39 is 28.6 Å². The highest BCUT2D eigenvalue weighted by atomic mass is 32.2. The first-order chi connectivity index (χ1) is 7.30. The van der Waals surface area contributed by atoms with Gasteiger partial charge in [0.2, 0.25) is 0 Å². The first-order valence-electron chi connectivity index (χ1n) is 5.27. The van der Waals surface area contributed by atoms with E-state index in [9.17, 15) is 8.42 Å². The Kier molecular flexibility index (Phi) is 11.3. The molecule has 0 aliphatic carbocycles. The van der Waals surface area contributed by atoms with Crippen molar-refractivity contribution in [2.45, 2.75) is 26.9 Å². The maximum atomic E-state index is 9.88. The van der Waals surface area contributed by atoms with E-state index in [0.29, 0.717) is 0 Å². The summed E-state index contributed by atoms with van der Waals surface area (Å²) in [5.74, 6) is -0.816. The van der Waals surface area contributed by atoms with Gasteiger partial charge in [-0.15, -0.1) is 0 Å². The summed E-state index contributed by atoms with van der Waals surface area (Å²) in [6.07, 6.45) is -1.39. The second-order valence-corrected chi connectivity index (χ2v) is 4.70. The Morgan fingerprint density at radius 3 is 1.56 bits per heavy atom. The van der Waals surface area contributed by atoms with Crippen molar-refractivity contribution in [1.29, 1.82) is 0 Å². The molecular formula is C9H23NO5S. The van der Waals surface area contributed by atoms with Crippen molar-refractivity contribution in [2.24, 2.45) is 0 Å². The normalized spacial score (nSPS) is 13.2. The van der Waals surface area contributed by atoms with Crippen LogP contribution in [0.25, 0.3) is 0 Å². The summed E-state index contributed by atoms with van der Waals surface area (Å²) in [6, 6.07) is 0. The van der Waals surface area contributed by atoms with Gasteiger partial charge in [0.25, 0.3) is 10.1 Å². The number of hydrogen-bond donors (Lipinski definition) is 3. The fraction of sp³-hybridized carbons (Fsp3) is 1.00. The molecule has 1 atom stereocenters. The Bertz CT molecular complexity index is 233. The minimum Gasteiger partial charge on any atom is -0.394 e. The van der Waals surface area contributed by atoms with Crippen molar-refractivity contribution in [3.8, 4) is 0 Å². The van der Waals surface area contributed by atoms with Crippen molar-refractivity contribution in [1.82, 2.24) is 4.90 Å². The fourth-order valence-corrected chi connectivity index (χ4v) is 1.56. The van der Waals surface area contributed by atoms with Gasteiger partial charge in [-0.3, -0.25) is 4.55 Å². The van der Waals surface area contributed by atoms with Gasteiger partial charge >= 0.3 is 0 Å². The van der Waals surface area contributed by atoms with Crippen LogP contribution >= 0.6 is 0 Å². The predicted molar refractivity (Wildman–Crippen MR) is 63.0 cm³/mol. The van der Waals surface area contributed by atoms with Crippen molar-refractivity contribution in [2.75, 3.05) is 32.0 Å². The quantitative estimate of drug-likeness (QED) is 0.559. The molecular weight excluding hydrogens is 234 g/mol. The second-order valence-electron chi connectivity index (χ2n) is 3.20. The van der Waals surface area contributed by atoms with Gasteiger partial charge in [0.05, 0.1) is 12.7 Å². The topological polar surface area (TPSA) is 98.1 Å². The molecule has 0 aromatic heterocycles. The summed E-state index contributed by atoms with van der Waals surface area (Å²) in [4.78, 5) is 2.38. The molecule has 0 saturated heterocycles. The summed E-state index contributed by atoms with van der Waals surface area (Å²) in [5, 5.41) is 16.5. The van der Waals surface area contributed by atoms with Crippen LogP contribution in [0.5, 0.6) is 0 Å². The van der Waals surface area contributed by atoms with E-state index in [-0.39, 0.29) is 0 Å². The Hall–Kier alpha value is -0.210. The molecule has 7 heteroatoms. The van der Waals surface area contributed by atoms with Crippen LogP contribution in [0.3, 0.4) is 0 Å². The lowest BCUT2D eigenvalue weighted by atomic mass is 10.4. The zero-order chi connectivity index (χ0) is 13.2. The van der Waals surface area contributed by atoms with Crippen LogP contribution in [-0.4, -0.2) is 66.2 Å². The lowest BCUT2D eigenvalue weighted by Gasteiger charge is -2.13. The Morgan fingerprint density at radius 1 is 1.12 bits per heavy atom. The van der Waals surface area contributed by atoms with Gasteiger partial charge < -0.3 is 15.1 Å². The molecule has 100 valence electrons. The molecule has 0 radical (unpaired) electrons. The van der Waals surface area contributed by atoms with E-state index in [1.807, 2.05) is 0 Å². The fourth-order valence-electron chi connectivity index (χ4n) is 0.967. The van der Waals surface area contributed by atoms with Crippen LogP contribution in [0.2, 0.25) is 0 Å². The van der Waals surface area contributed by atoms with Gasteiger partial charge in [0.15, 0.2) is 0 Å². The van der Waals surface area contributed by atoms with Gasteiger partial charge in [-0.05, 0) is 19.6 Å². The number of hydrogen-bond acceptors (Lipinski definition) is 5. The molecule has 1 unspecified atom stereocenters. The molecule has 16 heavy (non-hydrogen) atoms. The Morgan fingerprint density at radius 2 is 1.50 bits per heavy atom. The maximum absolute atomic E-state index is 9.88. The third-order valence-corrected chi connectivity index (χ3v) is 2.76. The molecule has 0 rings (SSSR count). The number of nitrogens with zero attached hydrogens (tertiary/aromatic N) is 1. The molecule has 0 aliphatic heterocycles. The van der Waals surface area contributed by atoms with Crippen LogP contribution in [0.1, 0.15) is 20.8 Å². The Labute approximate surface area is 97.6 Å². The molecule has 0 spiro atoms. The van der Waals surface area contributed by atoms with E-state index in [1.165, 1.54) is 19.6 Å². The zero-order valence-electron chi connectivity index (χ0n) is 10.1. The van der Waals surface area contributed by atoms with E-state index >= 15 is 0 Å². The van der Waals surface area contributed by atoms with Crippen molar-refractivity contribution >= 4 is 10.1 Å². The standard InChI is InChI=1S/C6H15N.C3H8O5S/c1-4-7(5-2)6-3;4-1-3(5)2-9(6,7)8/h4-6H2,1-3H3;3-5H,1-2H2,(H,6,7,8). The van der Waals surface area contributed by atoms with Crippen LogP contribution in [-0.2, 0) is 10.1 Å².